The van der Waals surface area contributed by atoms with E-state index in [1.165, 1.54) is 5.69 Å². The van der Waals surface area contributed by atoms with Gasteiger partial charge in [0.15, 0.2) is 0 Å². The monoisotopic (exact) mass is 222 g/mol. The van der Waals surface area contributed by atoms with Gasteiger partial charge >= 0.3 is 0 Å². The van der Waals surface area contributed by atoms with Gasteiger partial charge in [-0.3, -0.25) is 0 Å². The van der Waals surface area contributed by atoms with Crippen molar-refractivity contribution in [1.82, 2.24) is 0 Å². The first kappa shape index (κ1) is 11.4. The van der Waals surface area contributed by atoms with Crippen molar-refractivity contribution in [2.45, 2.75) is 6.10 Å². The molecule has 1 aliphatic heterocycles. The highest BCUT2D eigenvalue weighted by molar-refractivity contribution is 5.48. The van der Waals surface area contributed by atoms with E-state index < -0.39 is 6.10 Å². The Morgan fingerprint density at radius 2 is 1.88 bits per heavy atom. The van der Waals surface area contributed by atoms with E-state index in [1.54, 1.807) is 0 Å². The van der Waals surface area contributed by atoms with Gasteiger partial charge in [-0.2, -0.15) is 0 Å². The van der Waals surface area contributed by atoms with Crippen molar-refractivity contribution in [3.63, 3.8) is 0 Å². The lowest BCUT2D eigenvalue weighted by Crippen LogP contribution is -2.36. The predicted octanol–water partition coefficient (Wildman–Crippen LogP) is 0.515. The maximum atomic E-state index is 9.57. The number of aliphatic hydroxyl groups is 1. The van der Waals surface area contributed by atoms with Crippen LogP contribution < -0.4 is 10.6 Å². The fraction of sp³-hybridized carbons (Fsp3) is 0.500. The Hall–Kier alpha value is -1.10. The van der Waals surface area contributed by atoms with Gasteiger partial charge in [-0.1, -0.05) is 12.1 Å². The molecule has 4 heteroatoms. The predicted molar refractivity (Wildman–Crippen MR) is 63.5 cm³/mol. The molecule has 2 rings (SSSR count). The van der Waals surface area contributed by atoms with Crippen LogP contribution in [0.2, 0.25) is 0 Å². The van der Waals surface area contributed by atoms with Gasteiger partial charge in [0.25, 0.3) is 0 Å². The third kappa shape index (κ3) is 2.52. The molecule has 1 saturated heterocycles. The number of anilines is 1. The molecular weight excluding hydrogens is 204 g/mol. The largest absolute Gasteiger partial charge is 0.387 e. The van der Waals surface area contributed by atoms with E-state index in [2.05, 4.69) is 4.90 Å². The Morgan fingerprint density at radius 1 is 1.25 bits per heavy atom. The molecule has 3 N–H and O–H groups in total. The molecule has 1 unspecified atom stereocenters. The molecule has 0 aromatic heterocycles. The summed E-state index contributed by atoms with van der Waals surface area (Å²) in [5.41, 5.74) is 7.46. The average Bonchev–Trinajstić information content (AvgIpc) is 2.39. The molecule has 0 radical (unpaired) electrons. The fourth-order valence-electron chi connectivity index (χ4n) is 1.86. The number of hydrogen-bond donors (Lipinski definition) is 2. The smallest absolute Gasteiger partial charge is 0.0912 e. The van der Waals surface area contributed by atoms with Crippen LogP contribution in [0.5, 0.6) is 0 Å². The van der Waals surface area contributed by atoms with Crippen LogP contribution in [0.3, 0.4) is 0 Å². The summed E-state index contributed by atoms with van der Waals surface area (Å²) >= 11 is 0. The number of rotatable bonds is 3. The lowest BCUT2D eigenvalue weighted by Gasteiger charge is -2.29. The van der Waals surface area contributed by atoms with Crippen LogP contribution in [0.1, 0.15) is 11.7 Å². The number of aliphatic hydroxyl groups excluding tert-OH is 1. The van der Waals surface area contributed by atoms with Gasteiger partial charge < -0.3 is 20.5 Å². The highest BCUT2D eigenvalue weighted by atomic mass is 16.5. The number of morpholine rings is 1. The molecule has 0 amide bonds. The number of ether oxygens (including phenoxy) is 1. The van der Waals surface area contributed by atoms with Crippen molar-refractivity contribution in [1.29, 1.82) is 0 Å². The van der Waals surface area contributed by atoms with Crippen molar-refractivity contribution >= 4 is 5.69 Å². The Labute approximate surface area is 95.6 Å². The zero-order valence-electron chi connectivity index (χ0n) is 9.30. The van der Waals surface area contributed by atoms with Gasteiger partial charge in [0, 0.05) is 25.3 Å². The van der Waals surface area contributed by atoms with Gasteiger partial charge in [0.1, 0.15) is 0 Å². The standard InChI is InChI=1S/C12H18N2O2/c13-9-12(15)10-1-3-11(4-2-10)14-5-7-16-8-6-14/h1-4,12,15H,5-9,13H2. The molecule has 1 heterocycles. The number of nitrogens with zero attached hydrogens (tertiary/aromatic N) is 1. The molecule has 1 aliphatic rings. The molecule has 1 aromatic rings. The molecule has 1 fully saturated rings. The Kier molecular flexibility index (Phi) is 3.77. The second kappa shape index (κ2) is 5.30. The SMILES string of the molecule is NCC(O)c1ccc(N2CCOCC2)cc1. The quantitative estimate of drug-likeness (QED) is 0.782. The van der Waals surface area contributed by atoms with Gasteiger partial charge in [-0.15, -0.1) is 0 Å². The normalized spacial score (nSPS) is 18.5. The Balaban J connectivity index is 2.06. The molecule has 0 aliphatic carbocycles. The highest BCUT2D eigenvalue weighted by Crippen LogP contribution is 2.19. The highest BCUT2D eigenvalue weighted by Gasteiger charge is 2.11. The maximum Gasteiger partial charge on any atom is 0.0912 e. The van der Waals surface area contributed by atoms with Crippen molar-refractivity contribution in [2.24, 2.45) is 5.73 Å². The van der Waals surface area contributed by atoms with Crippen molar-refractivity contribution in [3.8, 4) is 0 Å². The Morgan fingerprint density at radius 3 is 2.44 bits per heavy atom. The van der Waals surface area contributed by atoms with Gasteiger partial charge in [-0.25, -0.2) is 0 Å². The third-order valence-corrected chi connectivity index (χ3v) is 2.88. The summed E-state index contributed by atoms with van der Waals surface area (Å²) in [4.78, 5) is 2.28. The number of benzene rings is 1. The topological polar surface area (TPSA) is 58.7 Å². The van der Waals surface area contributed by atoms with Crippen molar-refractivity contribution in [2.75, 3.05) is 37.7 Å². The molecular formula is C12H18N2O2. The summed E-state index contributed by atoms with van der Waals surface area (Å²) in [5.74, 6) is 0. The van der Waals surface area contributed by atoms with Crippen LogP contribution in [0.4, 0.5) is 5.69 Å². The minimum Gasteiger partial charge on any atom is -0.387 e. The van der Waals surface area contributed by atoms with Gasteiger partial charge in [0.2, 0.25) is 0 Å². The first-order valence-electron chi connectivity index (χ1n) is 5.62. The minimum atomic E-state index is -0.557. The van der Waals surface area contributed by atoms with E-state index >= 15 is 0 Å². The lowest BCUT2D eigenvalue weighted by molar-refractivity contribution is 0.122. The maximum absolute atomic E-state index is 9.57. The fourth-order valence-corrected chi connectivity index (χ4v) is 1.86. The van der Waals surface area contributed by atoms with E-state index in [0.717, 1.165) is 31.9 Å². The summed E-state index contributed by atoms with van der Waals surface area (Å²) in [6.45, 7) is 3.69. The lowest BCUT2D eigenvalue weighted by atomic mass is 10.1. The number of hydrogen-bond acceptors (Lipinski definition) is 4. The summed E-state index contributed by atoms with van der Waals surface area (Å²) in [7, 11) is 0. The van der Waals surface area contributed by atoms with Crippen LogP contribution in [-0.2, 0) is 4.74 Å². The first-order valence-corrected chi connectivity index (χ1v) is 5.62. The van der Waals surface area contributed by atoms with Gasteiger partial charge in [0.05, 0.1) is 19.3 Å². The molecule has 0 spiro atoms. The molecule has 0 bridgehead atoms. The second-order valence-corrected chi connectivity index (χ2v) is 3.94. The van der Waals surface area contributed by atoms with Crippen LogP contribution in [0.25, 0.3) is 0 Å². The zero-order chi connectivity index (χ0) is 11.4. The summed E-state index contributed by atoms with van der Waals surface area (Å²) in [6.07, 6.45) is -0.557. The molecule has 1 atom stereocenters. The van der Waals surface area contributed by atoms with Crippen molar-refractivity contribution in [3.05, 3.63) is 29.8 Å². The number of nitrogens with two attached hydrogens (primary N) is 1. The molecule has 88 valence electrons. The van der Waals surface area contributed by atoms with E-state index in [-0.39, 0.29) is 6.54 Å². The minimum absolute atomic E-state index is 0.261. The van der Waals surface area contributed by atoms with E-state index in [1.807, 2.05) is 24.3 Å². The van der Waals surface area contributed by atoms with E-state index in [4.69, 9.17) is 10.5 Å². The van der Waals surface area contributed by atoms with Crippen LogP contribution in [0.15, 0.2) is 24.3 Å². The van der Waals surface area contributed by atoms with Crippen LogP contribution in [0, 0.1) is 0 Å². The molecule has 16 heavy (non-hydrogen) atoms. The summed E-state index contributed by atoms with van der Waals surface area (Å²) in [5, 5.41) is 9.57. The van der Waals surface area contributed by atoms with E-state index in [0.29, 0.717) is 0 Å². The summed E-state index contributed by atoms with van der Waals surface area (Å²) in [6, 6.07) is 7.92. The first-order chi connectivity index (χ1) is 7.81. The van der Waals surface area contributed by atoms with Crippen LogP contribution in [-0.4, -0.2) is 38.0 Å². The van der Waals surface area contributed by atoms with E-state index in [9.17, 15) is 5.11 Å². The zero-order valence-corrected chi connectivity index (χ0v) is 9.30. The summed E-state index contributed by atoms with van der Waals surface area (Å²) < 4.78 is 5.30. The molecule has 4 nitrogen and oxygen atoms in total. The average molecular weight is 222 g/mol. The molecule has 1 aromatic carbocycles. The Bertz CT molecular complexity index is 320. The van der Waals surface area contributed by atoms with Gasteiger partial charge in [-0.05, 0) is 17.7 Å². The van der Waals surface area contributed by atoms with Crippen LogP contribution >= 0.6 is 0 Å². The third-order valence-electron chi connectivity index (χ3n) is 2.88. The molecule has 0 saturated carbocycles. The van der Waals surface area contributed by atoms with Crippen molar-refractivity contribution < 1.29 is 9.84 Å². The second-order valence-electron chi connectivity index (χ2n) is 3.94.